The van der Waals surface area contributed by atoms with Crippen LogP contribution in [0.5, 0.6) is 0 Å². The zero-order valence-corrected chi connectivity index (χ0v) is 16.5. The topological polar surface area (TPSA) is 56.8 Å². The number of amides is 2. The predicted molar refractivity (Wildman–Crippen MR) is 107 cm³/mol. The van der Waals surface area contributed by atoms with Crippen LogP contribution in [0.3, 0.4) is 0 Å². The maximum atomic E-state index is 13.4. The Balaban J connectivity index is 1.60. The van der Waals surface area contributed by atoms with Crippen LogP contribution in [0.25, 0.3) is 0 Å². The lowest BCUT2D eigenvalue weighted by Crippen LogP contribution is -2.32. The molecule has 1 aromatic carbocycles. The van der Waals surface area contributed by atoms with Crippen LogP contribution >= 0.6 is 0 Å². The van der Waals surface area contributed by atoms with E-state index in [1.807, 2.05) is 60.4 Å². The Bertz CT molecular complexity index is 881. The molecule has 0 aliphatic carbocycles. The molecule has 0 N–H and O–H groups in total. The van der Waals surface area contributed by atoms with Gasteiger partial charge in [0.15, 0.2) is 0 Å². The van der Waals surface area contributed by atoms with Crippen LogP contribution in [0.2, 0.25) is 0 Å². The molecule has 2 aromatic rings. The number of carbonyl (C=O) groups is 2. The van der Waals surface area contributed by atoms with E-state index < -0.39 is 0 Å². The summed E-state index contributed by atoms with van der Waals surface area (Å²) in [5.41, 5.74) is 3.27. The Morgan fingerprint density at radius 2 is 2.11 bits per heavy atom. The van der Waals surface area contributed by atoms with Gasteiger partial charge in [-0.1, -0.05) is 12.1 Å². The number of fused-ring (bicyclic) bond motifs is 1. The predicted octanol–water partition coefficient (Wildman–Crippen LogP) is 2.58. The zero-order chi connectivity index (χ0) is 19.7. The zero-order valence-electron chi connectivity index (χ0n) is 16.5. The highest BCUT2D eigenvalue weighted by molar-refractivity contribution is 6.04. The van der Waals surface area contributed by atoms with E-state index in [4.69, 9.17) is 0 Å². The molecule has 2 amide bonds. The number of carbonyl (C=O) groups excluding carboxylic acids is 2. The van der Waals surface area contributed by atoms with Gasteiger partial charge in [0.25, 0.3) is 11.8 Å². The fourth-order valence-corrected chi connectivity index (χ4v) is 4.18. The fourth-order valence-electron chi connectivity index (χ4n) is 4.18. The molecular formula is C22H26N4O2. The van der Waals surface area contributed by atoms with Gasteiger partial charge in [-0.2, -0.15) is 0 Å². The van der Waals surface area contributed by atoms with E-state index in [2.05, 4.69) is 9.88 Å². The number of likely N-dealkylation sites (N-methyl/N-ethyl adjacent to an activating group) is 1. The molecule has 1 unspecified atom stereocenters. The largest absolute Gasteiger partial charge is 0.333 e. The summed E-state index contributed by atoms with van der Waals surface area (Å²) >= 11 is 0. The van der Waals surface area contributed by atoms with Gasteiger partial charge < -0.3 is 14.7 Å². The van der Waals surface area contributed by atoms with Crippen LogP contribution in [0.1, 0.15) is 50.7 Å². The molecule has 0 bridgehead atoms. The molecule has 0 spiro atoms. The maximum absolute atomic E-state index is 13.4. The highest BCUT2D eigenvalue weighted by Crippen LogP contribution is 2.34. The van der Waals surface area contributed by atoms with Crippen molar-refractivity contribution in [3.8, 4) is 0 Å². The number of pyridine rings is 1. The van der Waals surface area contributed by atoms with Crippen LogP contribution in [0.4, 0.5) is 0 Å². The van der Waals surface area contributed by atoms with Gasteiger partial charge in [0, 0.05) is 49.7 Å². The standard InChI is InChI=1S/C22H26N4O2/c1-24(2)12-13-25-15-19-17(21(25)27)7-3-8-18(19)22(28)26-11-5-9-20(26)16-6-4-10-23-14-16/h3-4,6-8,10,14,20H,5,9,11-13,15H2,1-2H3. The molecule has 2 aliphatic heterocycles. The Hall–Kier alpha value is -2.73. The Morgan fingerprint density at radius 3 is 2.86 bits per heavy atom. The lowest BCUT2D eigenvalue weighted by Gasteiger charge is -2.26. The molecule has 1 atom stereocenters. The second-order valence-electron chi connectivity index (χ2n) is 7.80. The van der Waals surface area contributed by atoms with Crippen molar-refractivity contribution in [1.29, 1.82) is 0 Å². The summed E-state index contributed by atoms with van der Waals surface area (Å²) in [4.78, 5) is 36.3. The number of nitrogens with zero attached hydrogens (tertiary/aromatic N) is 4. The average molecular weight is 378 g/mol. The Kier molecular flexibility index (Phi) is 5.13. The fraction of sp³-hybridized carbons (Fsp3) is 0.409. The molecule has 4 rings (SSSR count). The van der Waals surface area contributed by atoms with Crippen LogP contribution in [-0.2, 0) is 6.54 Å². The summed E-state index contributed by atoms with van der Waals surface area (Å²) in [6.45, 7) is 2.71. The summed E-state index contributed by atoms with van der Waals surface area (Å²) < 4.78 is 0. The van der Waals surface area contributed by atoms with Crippen molar-refractivity contribution in [1.82, 2.24) is 19.7 Å². The second-order valence-corrected chi connectivity index (χ2v) is 7.80. The van der Waals surface area contributed by atoms with E-state index in [0.717, 1.165) is 37.1 Å². The van der Waals surface area contributed by atoms with Crippen molar-refractivity contribution in [3.05, 3.63) is 65.0 Å². The number of hydrogen-bond donors (Lipinski definition) is 0. The number of benzene rings is 1. The molecule has 28 heavy (non-hydrogen) atoms. The van der Waals surface area contributed by atoms with Gasteiger partial charge >= 0.3 is 0 Å². The second kappa shape index (κ2) is 7.72. The summed E-state index contributed by atoms with van der Waals surface area (Å²) in [6.07, 6.45) is 5.52. The molecule has 6 nitrogen and oxygen atoms in total. The SMILES string of the molecule is CN(C)CCN1Cc2c(cccc2C(=O)N2CCCC2c2cccnc2)C1=O. The van der Waals surface area contributed by atoms with Crippen LogP contribution < -0.4 is 0 Å². The third kappa shape index (κ3) is 3.40. The monoisotopic (exact) mass is 378 g/mol. The van der Waals surface area contributed by atoms with E-state index in [1.165, 1.54) is 0 Å². The minimum atomic E-state index is 0.0189. The molecule has 2 aliphatic rings. The van der Waals surface area contributed by atoms with Crippen molar-refractivity contribution in [3.63, 3.8) is 0 Å². The summed E-state index contributed by atoms with van der Waals surface area (Å²) in [6, 6.07) is 9.53. The van der Waals surface area contributed by atoms with Crippen molar-refractivity contribution < 1.29 is 9.59 Å². The molecule has 0 saturated carbocycles. The summed E-state index contributed by atoms with van der Waals surface area (Å²) in [7, 11) is 3.99. The van der Waals surface area contributed by atoms with Crippen LogP contribution in [0, 0.1) is 0 Å². The molecular weight excluding hydrogens is 352 g/mol. The van der Waals surface area contributed by atoms with E-state index in [-0.39, 0.29) is 17.9 Å². The minimum absolute atomic E-state index is 0.0189. The quantitative estimate of drug-likeness (QED) is 0.802. The smallest absolute Gasteiger partial charge is 0.254 e. The normalized spacial score (nSPS) is 18.8. The van der Waals surface area contributed by atoms with Gasteiger partial charge in [-0.3, -0.25) is 14.6 Å². The molecule has 1 aromatic heterocycles. The molecule has 6 heteroatoms. The number of aromatic nitrogens is 1. The van der Waals surface area contributed by atoms with Crippen LogP contribution in [-0.4, -0.2) is 65.2 Å². The van der Waals surface area contributed by atoms with E-state index in [9.17, 15) is 9.59 Å². The average Bonchev–Trinajstić information content (AvgIpc) is 3.32. The third-order valence-electron chi connectivity index (χ3n) is 5.67. The van der Waals surface area contributed by atoms with E-state index in [0.29, 0.717) is 24.2 Å². The Labute approximate surface area is 165 Å². The Morgan fingerprint density at radius 1 is 1.25 bits per heavy atom. The van der Waals surface area contributed by atoms with E-state index in [1.54, 1.807) is 6.20 Å². The van der Waals surface area contributed by atoms with Gasteiger partial charge in [0.1, 0.15) is 0 Å². The van der Waals surface area contributed by atoms with Gasteiger partial charge in [-0.15, -0.1) is 0 Å². The van der Waals surface area contributed by atoms with Crippen molar-refractivity contribution in [2.24, 2.45) is 0 Å². The molecule has 1 fully saturated rings. The van der Waals surface area contributed by atoms with E-state index >= 15 is 0 Å². The summed E-state index contributed by atoms with van der Waals surface area (Å²) in [5, 5.41) is 0. The first kappa shape index (κ1) is 18.6. The van der Waals surface area contributed by atoms with Crippen molar-refractivity contribution in [2.75, 3.05) is 33.7 Å². The van der Waals surface area contributed by atoms with Crippen molar-refractivity contribution >= 4 is 11.8 Å². The first-order valence-corrected chi connectivity index (χ1v) is 9.83. The first-order chi connectivity index (χ1) is 13.6. The summed E-state index contributed by atoms with van der Waals surface area (Å²) in [5.74, 6) is 0.0437. The van der Waals surface area contributed by atoms with Gasteiger partial charge in [-0.05, 0) is 56.3 Å². The molecule has 0 radical (unpaired) electrons. The van der Waals surface area contributed by atoms with Crippen LogP contribution in [0.15, 0.2) is 42.7 Å². The third-order valence-corrected chi connectivity index (χ3v) is 5.67. The number of rotatable bonds is 5. The molecule has 3 heterocycles. The minimum Gasteiger partial charge on any atom is -0.333 e. The molecule has 1 saturated heterocycles. The van der Waals surface area contributed by atoms with Gasteiger partial charge in [0.05, 0.1) is 6.04 Å². The highest BCUT2D eigenvalue weighted by atomic mass is 16.2. The highest BCUT2D eigenvalue weighted by Gasteiger charge is 2.35. The molecule has 146 valence electrons. The maximum Gasteiger partial charge on any atom is 0.254 e. The first-order valence-electron chi connectivity index (χ1n) is 9.83. The lowest BCUT2D eigenvalue weighted by molar-refractivity contribution is 0.0728. The number of likely N-dealkylation sites (tertiary alicyclic amines) is 1. The van der Waals surface area contributed by atoms with Gasteiger partial charge in [0.2, 0.25) is 0 Å². The number of hydrogen-bond acceptors (Lipinski definition) is 4. The lowest BCUT2D eigenvalue weighted by atomic mass is 10.0. The van der Waals surface area contributed by atoms with Gasteiger partial charge in [-0.25, -0.2) is 0 Å². The van der Waals surface area contributed by atoms with Crippen molar-refractivity contribution in [2.45, 2.75) is 25.4 Å².